The Labute approximate surface area is 149 Å². The molecule has 11 heteroatoms. The average Bonchev–Trinajstić information content (AvgIpc) is 2.54. The standard InChI is InChI=1S/C14H14ClN3O6S/c1-8(19)18-25(20,21)11-6-9(15)4-5-10(11)24-14-16-12(22-2)7-13(17-14)23-3/h4-7H,1-3H3,(H,18,19). The van der Waals surface area contributed by atoms with Gasteiger partial charge in [0, 0.05) is 11.9 Å². The average molecular weight is 388 g/mol. The second kappa shape index (κ2) is 7.53. The van der Waals surface area contributed by atoms with Gasteiger partial charge in [-0.2, -0.15) is 9.97 Å². The first-order chi connectivity index (χ1) is 11.7. The summed E-state index contributed by atoms with van der Waals surface area (Å²) in [5.41, 5.74) is 0. The predicted octanol–water partition coefficient (Wildman–Crippen LogP) is 1.76. The summed E-state index contributed by atoms with van der Waals surface area (Å²) in [5, 5.41) is 0.139. The summed E-state index contributed by atoms with van der Waals surface area (Å²) in [7, 11) is -1.41. The van der Waals surface area contributed by atoms with E-state index in [-0.39, 0.29) is 33.4 Å². The van der Waals surface area contributed by atoms with E-state index in [2.05, 4.69) is 9.97 Å². The second-order valence-corrected chi connectivity index (χ2v) is 6.68. The molecule has 0 saturated heterocycles. The minimum absolute atomic E-state index is 0.131. The number of halogens is 1. The van der Waals surface area contributed by atoms with Crippen molar-refractivity contribution in [3.63, 3.8) is 0 Å². The SMILES string of the molecule is COc1cc(OC)nc(Oc2ccc(Cl)cc2S(=O)(=O)NC(C)=O)n1. The highest BCUT2D eigenvalue weighted by molar-refractivity contribution is 7.90. The fourth-order valence-electron chi connectivity index (χ4n) is 1.76. The molecule has 1 amide bonds. The van der Waals surface area contributed by atoms with E-state index in [1.54, 1.807) is 0 Å². The zero-order valence-corrected chi connectivity index (χ0v) is 15.0. The quantitative estimate of drug-likeness (QED) is 0.796. The molecule has 2 rings (SSSR count). The summed E-state index contributed by atoms with van der Waals surface area (Å²) in [5.74, 6) is -0.581. The highest BCUT2D eigenvalue weighted by Gasteiger charge is 2.23. The van der Waals surface area contributed by atoms with Crippen LogP contribution in [0.1, 0.15) is 6.92 Å². The Bertz CT molecular complexity index is 881. The lowest BCUT2D eigenvalue weighted by Crippen LogP contribution is -2.28. The van der Waals surface area contributed by atoms with Gasteiger partial charge in [0.15, 0.2) is 5.75 Å². The maximum absolute atomic E-state index is 12.3. The van der Waals surface area contributed by atoms with Crippen molar-refractivity contribution < 1.29 is 27.4 Å². The van der Waals surface area contributed by atoms with Crippen LogP contribution >= 0.6 is 11.6 Å². The number of rotatable bonds is 6. The summed E-state index contributed by atoms with van der Waals surface area (Å²) in [6.45, 7) is 1.07. The molecule has 0 bridgehead atoms. The Morgan fingerprint density at radius 2 is 1.72 bits per heavy atom. The van der Waals surface area contributed by atoms with Gasteiger partial charge in [-0.3, -0.25) is 4.79 Å². The zero-order chi connectivity index (χ0) is 18.6. The lowest BCUT2D eigenvalue weighted by molar-refractivity contribution is -0.117. The van der Waals surface area contributed by atoms with Crippen molar-refractivity contribution in [2.24, 2.45) is 0 Å². The molecule has 0 fully saturated rings. The first kappa shape index (κ1) is 18.7. The summed E-state index contributed by atoms with van der Waals surface area (Å²) in [4.78, 5) is 18.7. The van der Waals surface area contributed by atoms with Gasteiger partial charge in [0.05, 0.1) is 20.3 Å². The highest BCUT2D eigenvalue weighted by atomic mass is 35.5. The van der Waals surface area contributed by atoms with Crippen molar-refractivity contribution in [3.05, 3.63) is 29.3 Å². The van der Waals surface area contributed by atoms with Crippen molar-refractivity contribution in [3.8, 4) is 23.5 Å². The molecule has 0 radical (unpaired) electrons. The molecule has 9 nitrogen and oxygen atoms in total. The fraction of sp³-hybridized carbons (Fsp3) is 0.214. The van der Waals surface area contributed by atoms with Crippen molar-refractivity contribution in [2.45, 2.75) is 11.8 Å². The third-order valence-electron chi connectivity index (χ3n) is 2.75. The van der Waals surface area contributed by atoms with Crippen LogP contribution in [-0.4, -0.2) is 38.5 Å². The lowest BCUT2D eigenvalue weighted by atomic mass is 10.3. The second-order valence-electron chi connectivity index (χ2n) is 4.59. The van der Waals surface area contributed by atoms with Crippen LogP contribution in [-0.2, 0) is 14.8 Å². The van der Waals surface area contributed by atoms with Gasteiger partial charge >= 0.3 is 6.01 Å². The number of ether oxygens (including phenoxy) is 3. The smallest absolute Gasteiger partial charge is 0.328 e. The van der Waals surface area contributed by atoms with E-state index in [0.717, 1.165) is 13.0 Å². The van der Waals surface area contributed by atoms with Gasteiger partial charge in [0.1, 0.15) is 4.90 Å². The van der Waals surface area contributed by atoms with Crippen LogP contribution in [0.25, 0.3) is 0 Å². The summed E-state index contributed by atoms with van der Waals surface area (Å²) in [6, 6.07) is 5.08. The zero-order valence-electron chi connectivity index (χ0n) is 13.4. The molecular weight excluding hydrogens is 374 g/mol. The molecule has 0 aliphatic rings. The summed E-state index contributed by atoms with van der Waals surface area (Å²) in [6.07, 6.45) is 0. The van der Waals surface area contributed by atoms with Crippen LogP contribution in [0.15, 0.2) is 29.2 Å². The summed E-state index contributed by atoms with van der Waals surface area (Å²) < 4.78 is 41.9. The summed E-state index contributed by atoms with van der Waals surface area (Å²) >= 11 is 5.85. The van der Waals surface area contributed by atoms with E-state index >= 15 is 0 Å². The maximum Gasteiger partial charge on any atom is 0.328 e. The highest BCUT2D eigenvalue weighted by Crippen LogP contribution is 2.31. The molecule has 1 N–H and O–H groups in total. The number of hydrogen-bond donors (Lipinski definition) is 1. The van der Waals surface area contributed by atoms with Crippen LogP contribution in [0, 0.1) is 0 Å². The number of nitrogens with zero attached hydrogens (tertiary/aromatic N) is 2. The molecule has 1 heterocycles. The van der Waals surface area contributed by atoms with Gasteiger partial charge in [0.2, 0.25) is 17.7 Å². The molecule has 2 aromatic rings. The number of sulfonamides is 1. The maximum atomic E-state index is 12.3. The number of methoxy groups -OCH3 is 2. The van der Waals surface area contributed by atoms with Gasteiger partial charge in [-0.25, -0.2) is 13.1 Å². The Balaban J connectivity index is 2.49. The van der Waals surface area contributed by atoms with Crippen molar-refractivity contribution in [1.82, 2.24) is 14.7 Å². The third-order valence-corrected chi connectivity index (χ3v) is 4.44. The number of benzene rings is 1. The van der Waals surface area contributed by atoms with E-state index in [1.807, 2.05) is 4.72 Å². The molecule has 0 spiro atoms. The lowest BCUT2D eigenvalue weighted by Gasteiger charge is -2.12. The van der Waals surface area contributed by atoms with Crippen molar-refractivity contribution >= 4 is 27.5 Å². The van der Waals surface area contributed by atoms with E-state index in [0.29, 0.717) is 0 Å². The van der Waals surface area contributed by atoms with Crippen LogP contribution in [0.2, 0.25) is 5.02 Å². The van der Waals surface area contributed by atoms with Crippen LogP contribution in [0.5, 0.6) is 23.5 Å². The van der Waals surface area contributed by atoms with Gasteiger partial charge in [-0.15, -0.1) is 0 Å². The molecule has 134 valence electrons. The minimum atomic E-state index is -4.19. The number of amides is 1. The monoisotopic (exact) mass is 387 g/mol. The number of carbonyl (C=O) groups is 1. The topological polar surface area (TPSA) is 117 Å². The Morgan fingerprint density at radius 3 is 2.24 bits per heavy atom. The van der Waals surface area contributed by atoms with Gasteiger partial charge in [-0.05, 0) is 18.2 Å². The molecule has 0 atom stereocenters. The molecule has 0 aliphatic carbocycles. The largest absolute Gasteiger partial charge is 0.481 e. The fourth-order valence-corrected chi connectivity index (χ4v) is 3.14. The number of carbonyl (C=O) groups excluding carboxylic acids is 1. The third kappa shape index (κ3) is 4.70. The molecule has 25 heavy (non-hydrogen) atoms. The Morgan fingerprint density at radius 1 is 1.12 bits per heavy atom. The number of nitrogens with one attached hydrogen (secondary N) is 1. The Kier molecular flexibility index (Phi) is 5.65. The van der Waals surface area contributed by atoms with Crippen LogP contribution in [0.3, 0.4) is 0 Å². The van der Waals surface area contributed by atoms with Crippen LogP contribution in [0.4, 0.5) is 0 Å². The normalized spacial score (nSPS) is 10.9. The molecule has 0 unspecified atom stereocenters. The van der Waals surface area contributed by atoms with Gasteiger partial charge < -0.3 is 14.2 Å². The van der Waals surface area contributed by atoms with Gasteiger partial charge in [0.25, 0.3) is 10.0 Å². The predicted molar refractivity (Wildman–Crippen MR) is 87.7 cm³/mol. The Hall–Kier alpha value is -2.59. The van der Waals surface area contributed by atoms with Crippen LogP contribution < -0.4 is 18.9 Å². The first-order valence-corrected chi connectivity index (χ1v) is 8.59. The molecule has 0 saturated carbocycles. The van der Waals surface area contributed by atoms with Gasteiger partial charge in [-0.1, -0.05) is 11.6 Å². The molecular formula is C14H14ClN3O6S. The van der Waals surface area contributed by atoms with E-state index in [9.17, 15) is 13.2 Å². The van der Waals surface area contributed by atoms with E-state index in [1.165, 1.54) is 32.4 Å². The molecule has 1 aromatic heterocycles. The minimum Gasteiger partial charge on any atom is -0.481 e. The van der Waals surface area contributed by atoms with Crippen molar-refractivity contribution in [2.75, 3.05) is 14.2 Å². The van der Waals surface area contributed by atoms with E-state index in [4.69, 9.17) is 25.8 Å². The van der Waals surface area contributed by atoms with E-state index < -0.39 is 15.9 Å². The molecule has 0 aliphatic heterocycles. The number of aromatic nitrogens is 2. The first-order valence-electron chi connectivity index (χ1n) is 6.73. The van der Waals surface area contributed by atoms with Crippen molar-refractivity contribution in [1.29, 1.82) is 0 Å². The number of hydrogen-bond acceptors (Lipinski definition) is 8. The molecule has 1 aromatic carbocycles.